The number of rotatable bonds is 15. The summed E-state index contributed by atoms with van der Waals surface area (Å²) in [6.45, 7) is 9.19. The van der Waals surface area contributed by atoms with Gasteiger partial charge in [0.15, 0.2) is 0 Å². The van der Waals surface area contributed by atoms with Gasteiger partial charge in [-0.1, -0.05) is 104 Å². The van der Waals surface area contributed by atoms with Crippen molar-refractivity contribution in [2.75, 3.05) is 0 Å². The number of unbranched alkanes of at least 4 members (excludes halogenated alkanes) is 9. The largest absolute Gasteiger partial charge is 0.0654 e. The van der Waals surface area contributed by atoms with Crippen molar-refractivity contribution in [1.29, 1.82) is 0 Å². The average molecular weight is 345 g/mol. The van der Waals surface area contributed by atoms with Crippen LogP contribution in [0.15, 0.2) is 12.1 Å². The number of benzene rings is 1. The molecule has 0 unspecified atom stereocenters. The van der Waals surface area contributed by atoms with Crippen molar-refractivity contribution < 1.29 is 0 Å². The Labute approximate surface area is 158 Å². The highest BCUT2D eigenvalue weighted by molar-refractivity contribution is 5.38. The molecule has 0 nitrogen and oxygen atoms in total. The van der Waals surface area contributed by atoms with Crippen molar-refractivity contribution in [1.82, 2.24) is 0 Å². The van der Waals surface area contributed by atoms with E-state index in [1.54, 1.807) is 16.7 Å². The van der Waals surface area contributed by atoms with E-state index in [-0.39, 0.29) is 0 Å². The summed E-state index contributed by atoms with van der Waals surface area (Å²) in [7, 11) is 0. The molecule has 0 atom stereocenters. The molecule has 1 rings (SSSR count). The van der Waals surface area contributed by atoms with Crippen LogP contribution in [0.5, 0.6) is 0 Å². The SMILES string of the molecule is CCCCCCCCCCCCc1cc(CCC)c(C)cc1CCC. The number of aryl methyl sites for hydroxylation is 4. The molecule has 144 valence electrons. The lowest BCUT2D eigenvalue weighted by atomic mass is 9.91. The van der Waals surface area contributed by atoms with Crippen molar-refractivity contribution >= 4 is 0 Å². The third kappa shape index (κ3) is 9.47. The van der Waals surface area contributed by atoms with E-state index in [0.717, 1.165) is 0 Å². The molecule has 0 saturated carbocycles. The highest BCUT2D eigenvalue weighted by Crippen LogP contribution is 2.22. The second-order valence-electron chi connectivity index (χ2n) is 7.98. The molecule has 0 aliphatic rings. The zero-order chi connectivity index (χ0) is 18.3. The first-order chi connectivity index (χ1) is 12.2. The lowest BCUT2D eigenvalue weighted by Crippen LogP contribution is -2.00. The standard InChI is InChI=1S/C25H44/c1-5-8-9-10-11-12-13-14-15-16-19-25-21-23(17-6-2)22(4)20-24(25)18-7-3/h20-21H,5-19H2,1-4H3. The maximum Gasteiger partial charge on any atom is -0.0276 e. The maximum absolute atomic E-state index is 2.54. The van der Waals surface area contributed by atoms with E-state index < -0.39 is 0 Å². The van der Waals surface area contributed by atoms with E-state index in [2.05, 4.69) is 39.8 Å². The molecule has 0 spiro atoms. The average Bonchev–Trinajstić information content (AvgIpc) is 2.60. The van der Waals surface area contributed by atoms with Crippen molar-refractivity contribution in [3.05, 3.63) is 34.4 Å². The molecule has 0 aliphatic heterocycles. The van der Waals surface area contributed by atoms with Crippen LogP contribution < -0.4 is 0 Å². The summed E-state index contributed by atoms with van der Waals surface area (Å²) >= 11 is 0. The fraction of sp³-hybridized carbons (Fsp3) is 0.760. The van der Waals surface area contributed by atoms with Gasteiger partial charge in [-0.15, -0.1) is 0 Å². The van der Waals surface area contributed by atoms with Gasteiger partial charge in [0.05, 0.1) is 0 Å². The molecule has 25 heavy (non-hydrogen) atoms. The van der Waals surface area contributed by atoms with Crippen LogP contribution in [0.4, 0.5) is 0 Å². The Morgan fingerprint density at radius 2 is 0.960 bits per heavy atom. The quantitative estimate of drug-likeness (QED) is 0.280. The zero-order valence-electron chi connectivity index (χ0n) is 17.8. The van der Waals surface area contributed by atoms with Crippen LogP contribution in [0, 0.1) is 6.92 Å². The molecule has 0 aromatic heterocycles. The van der Waals surface area contributed by atoms with Gasteiger partial charge in [-0.25, -0.2) is 0 Å². The number of hydrogen-bond acceptors (Lipinski definition) is 0. The Bertz CT molecular complexity index is 444. The van der Waals surface area contributed by atoms with Crippen LogP contribution in [0.1, 0.15) is 120 Å². The molecule has 0 saturated heterocycles. The first-order valence-corrected chi connectivity index (χ1v) is 11.3. The van der Waals surface area contributed by atoms with E-state index in [4.69, 9.17) is 0 Å². The predicted molar refractivity (Wildman–Crippen MR) is 115 cm³/mol. The topological polar surface area (TPSA) is 0 Å². The molecule has 0 heterocycles. The van der Waals surface area contributed by atoms with Gasteiger partial charge < -0.3 is 0 Å². The van der Waals surface area contributed by atoms with E-state index in [9.17, 15) is 0 Å². The van der Waals surface area contributed by atoms with Gasteiger partial charge in [0.25, 0.3) is 0 Å². The zero-order valence-corrected chi connectivity index (χ0v) is 17.8. The molecular weight excluding hydrogens is 300 g/mol. The number of hydrogen-bond donors (Lipinski definition) is 0. The van der Waals surface area contributed by atoms with Crippen LogP contribution in [0.25, 0.3) is 0 Å². The molecule has 0 aliphatic carbocycles. The smallest absolute Gasteiger partial charge is 0.0276 e. The highest BCUT2D eigenvalue weighted by atomic mass is 14.1. The van der Waals surface area contributed by atoms with Gasteiger partial charge >= 0.3 is 0 Å². The van der Waals surface area contributed by atoms with E-state index in [1.807, 2.05) is 0 Å². The fourth-order valence-electron chi connectivity index (χ4n) is 3.94. The van der Waals surface area contributed by atoms with E-state index in [0.29, 0.717) is 0 Å². The second-order valence-corrected chi connectivity index (χ2v) is 7.98. The second kappa shape index (κ2) is 14.4. The Morgan fingerprint density at radius 3 is 1.52 bits per heavy atom. The van der Waals surface area contributed by atoms with Gasteiger partial charge in [0.2, 0.25) is 0 Å². The summed E-state index contributed by atoms with van der Waals surface area (Å²) in [5.41, 5.74) is 6.37. The summed E-state index contributed by atoms with van der Waals surface area (Å²) < 4.78 is 0. The predicted octanol–water partition coefficient (Wildman–Crippen LogP) is 8.36. The minimum absolute atomic E-state index is 1.24. The molecule has 0 bridgehead atoms. The first kappa shape index (κ1) is 22.3. The maximum atomic E-state index is 2.54. The van der Waals surface area contributed by atoms with Crippen molar-refractivity contribution in [2.45, 2.75) is 124 Å². The Morgan fingerprint density at radius 1 is 0.480 bits per heavy atom. The van der Waals surface area contributed by atoms with Gasteiger partial charge in [-0.2, -0.15) is 0 Å². The Kier molecular flexibility index (Phi) is 12.8. The summed E-state index contributed by atoms with van der Waals surface area (Å²) in [6, 6.07) is 5.03. The molecule has 0 fully saturated rings. The minimum atomic E-state index is 1.24. The molecule has 0 N–H and O–H groups in total. The van der Waals surface area contributed by atoms with Crippen LogP contribution in [0.2, 0.25) is 0 Å². The minimum Gasteiger partial charge on any atom is -0.0654 e. The van der Waals surface area contributed by atoms with Crippen LogP contribution >= 0.6 is 0 Å². The highest BCUT2D eigenvalue weighted by Gasteiger charge is 2.07. The summed E-state index contributed by atoms with van der Waals surface area (Å²) in [6.07, 6.45) is 20.6. The van der Waals surface area contributed by atoms with Crippen LogP contribution in [-0.4, -0.2) is 0 Å². The van der Waals surface area contributed by atoms with Crippen molar-refractivity contribution in [3.63, 3.8) is 0 Å². The van der Waals surface area contributed by atoms with Crippen LogP contribution in [-0.2, 0) is 19.3 Å². The van der Waals surface area contributed by atoms with Crippen molar-refractivity contribution in [3.8, 4) is 0 Å². The van der Waals surface area contributed by atoms with Crippen molar-refractivity contribution in [2.24, 2.45) is 0 Å². The van der Waals surface area contributed by atoms with Gasteiger partial charge in [-0.05, 0) is 54.9 Å². The lowest BCUT2D eigenvalue weighted by molar-refractivity contribution is 0.556. The molecule has 1 aromatic carbocycles. The van der Waals surface area contributed by atoms with E-state index >= 15 is 0 Å². The third-order valence-electron chi connectivity index (χ3n) is 5.50. The fourth-order valence-corrected chi connectivity index (χ4v) is 3.94. The lowest BCUT2D eigenvalue weighted by Gasteiger charge is -2.14. The Hall–Kier alpha value is -0.780. The Balaban J connectivity index is 2.31. The van der Waals surface area contributed by atoms with Crippen LogP contribution in [0.3, 0.4) is 0 Å². The summed E-state index contributed by atoms with van der Waals surface area (Å²) in [5, 5.41) is 0. The third-order valence-corrected chi connectivity index (χ3v) is 5.50. The molecular formula is C25H44. The summed E-state index contributed by atoms with van der Waals surface area (Å²) in [4.78, 5) is 0. The van der Waals surface area contributed by atoms with E-state index in [1.165, 1.54) is 102 Å². The van der Waals surface area contributed by atoms with Gasteiger partial charge in [0, 0.05) is 0 Å². The molecule has 0 radical (unpaired) electrons. The molecule has 1 aromatic rings. The monoisotopic (exact) mass is 344 g/mol. The van der Waals surface area contributed by atoms with Gasteiger partial charge in [-0.3, -0.25) is 0 Å². The van der Waals surface area contributed by atoms with Gasteiger partial charge in [0.1, 0.15) is 0 Å². The molecule has 0 heteroatoms. The normalized spacial score (nSPS) is 11.2. The summed E-state index contributed by atoms with van der Waals surface area (Å²) in [5.74, 6) is 0. The molecule has 0 amide bonds. The first-order valence-electron chi connectivity index (χ1n) is 11.3.